The van der Waals surface area contributed by atoms with Crippen molar-refractivity contribution in [2.24, 2.45) is 50.8 Å². The van der Waals surface area contributed by atoms with Crippen molar-refractivity contribution >= 4 is 85.7 Å². The third-order valence-electron chi connectivity index (χ3n) is 20.9. The second kappa shape index (κ2) is 30.0. The van der Waals surface area contributed by atoms with E-state index in [1.807, 2.05) is 0 Å². The van der Waals surface area contributed by atoms with Crippen LogP contribution in [0.15, 0.2) is 45.5 Å². The van der Waals surface area contributed by atoms with Crippen LogP contribution in [0.25, 0.3) is 10.2 Å². The minimum absolute atomic E-state index is 0.0541. The van der Waals surface area contributed by atoms with Crippen molar-refractivity contribution in [1.29, 1.82) is 0 Å². The number of hydrogen-bond donors (Lipinski definition) is 5. The summed E-state index contributed by atoms with van der Waals surface area (Å²) in [4.78, 5) is 115. The molecular formula is C66H94N6O14S2. The minimum Gasteiger partial charge on any atom is -0.480 e. The van der Waals surface area contributed by atoms with E-state index in [1.165, 1.54) is 77.8 Å². The maximum Gasteiger partial charge on any atom is 0.415 e. The quantitative estimate of drug-likeness (QED) is 0.0359. The van der Waals surface area contributed by atoms with Crippen molar-refractivity contribution in [1.82, 2.24) is 25.4 Å². The number of thiazole rings is 1. The number of Topliss-reactive ketones (excluding diaryl/α,β-unsaturated/α-hetero) is 2. The normalized spacial score (nSPS) is 26.5. The van der Waals surface area contributed by atoms with Gasteiger partial charge in [-0.3, -0.25) is 29.0 Å². The molecule has 6 aliphatic rings. The van der Waals surface area contributed by atoms with Crippen LogP contribution >= 0.6 is 23.1 Å². The van der Waals surface area contributed by atoms with E-state index in [1.54, 1.807) is 59.9 Å². The number of ketones is 2. The number of likely N-dealkylation sites (N-methyl/N-ethyl adjacent to an activating group) is 1. The number of nitrogens with one attached hydrogen (secondary N) is 2. The summed E-state index contributed by atoms with van der Waals surface area (Å²) >= 11 is 2.62. The maximum atomic E-state index is 13.9. The van der Waals surface area contributed by atoms with E-state index in [4.69, 9.17) is 14.2 Å². The van der Waals surface area contributed by atoms with Crippen molar-refractivity contribution in [3.63, 3.8) is 0 Å². The molecule has 8 rings (SSSR count). The first-order valence-corrected chi connectivity index (χ1v) is 33.8. The highest BCUT2D eigenvalue weighted by molar-refractivity contribution is 8.15. The number of aliphatic imine (C=N–C) groups is 1. The maximum absolute atomic E-state index is 13.9. The summed E-state index contributed by atoms with van der Waals surface area (Å²) in [7, 11) is 1.60. The van der Waals surface area contributed by atoms with Crippen LogP contribution in [-0.2, 0) is 43.0 Å². The molecule has 5 aliphatic carbocycles. The van der Waals surface area contributed by atoms with Gasteiger partial charge in [0.2, 0.25) is 17.7 Å². The second-order valence-corrected chi connectivity index (χ2v) is 28.6. The molecule has 0 spiro atoms. The Balaban J connectivity index is 0.725. The molecule has 1 aromatic heterocycles. The SMILES string of the molecule is CC[C@]12CC[C@H]3[C@@H](CC[C@@H]4C[C@H](O)CC[C@@]43C)[C@@H]1CC[C@@H]2CCCC(=O)NC(CCCCNC(=O)CCOCCOCCN(CCN(C)C(=O)CC(C)(C)C1=C(C)C(=O)C(C)=C(C)C1=O)C(=O)Oc1ccc2nc(C3=NC(C(=O)O)CS3)sc2c1)C(=O)O. The molecule has 22 heteroatoms. The summed E-state index contributed by atoms with van der Waals surface area (Å²) < 4.78 is 18.0. The van der Waals surface area contributed by atoms with Crippen LogP contribution < -0.4 is 15.4 Å². The van der Waals surface area contributed by atoms with Gasteiger partial charge in [0, 0.05) is 92.0 Å². The van der Waals surface area contributed by atoms with E-state index in [-0.39, 0.29) is 106 Å². The molecule has 1 aliphatic heterocycles. The predicted molar refractivity (Wildman–Crippen MR) is 337 cm³/mol. The average Bonchev–Trinajstić information content (AvgIpc) is 1.32. The van der Waals surface area contributed by atoms with Gasteiger partial charge in [-0.15, -0.1) is 23.1 Å². The van der Waals surface area contributed by atoms with Gasteiger partial charge >= 0.3 is 18.0 Å². The van der Waals surface area contributed by atoms with Crippen molar-refractivity contribution in [3.8, 4) is 5.75 Å². The van der Waals surface area contributed by atoms with Crippen LogP contribution in [0.5, 0.6) is 5.75 Å². The Morgan fingerprint density at radius 1 is 0.841 bits per heavy atom. The molecule has 0 bridgehead atoms. The highest BCUT2D eigenvalue weighted by Gasteiger charge is 2.61. The molecule has 0 radical (unpaired) electrons. The van der Waals surface area contributed by atoms with Gasteiger partial charge in [-0.05, 0) is 170 Å². The molecule has 20 nitrogen and oxygen atoms in total. The molecule has 4 saturated carbocycles. The number of carbonyl (C=O) groups is 8. The number of thioether (sulfide) groups is 1. The van der Waals surface area contributed by atoms with Crippen LogP contribution in [0.1, 0.15) is 169 Å². The van der Waals surface area contributed by atoms with Crippen LogP contribution in [0, 0.1) is 45.8 Å². The number of aliphatic hydroxyl groups excluding tert-OH is 1. The molecule has 10 atom stereocenters. The van der Waals surface area contributed by atoms with Crippen molar-refractivity contribution in [2.45, 2.75) is 182 Å². The number of carboxylic acid groups (broad SMARTS) is 2. The Labute approximate surface area is 526 Å². The molecule has 4 fully saturated rings. The van der Waals surface area contributed by atoms with Gasteiger partial charge in [0.15, 0.2) is 17.6 Å². The zero-order chi connectivity index (χ0) is 63.7. The topological polar surface area (TPSA) is 281 Å². The third kappa shape index (κ3) is 15.9. The summed E-state index contributed by atoms with van der Waals surface area (Å²) in [6, 6.07) is 3.14. The molecule has 2 unspecified atom stereocenters. The molecule has 5 N–H and O–H groups in total. The van der Waals surface area contributed by atoms with Crippen molar-refractivity contribution < 1.29 is 67.9 Å². The number of unbranched alkanes of at least 4 members (excludes halogenated alkanes) is 1. The third-order valence-corrected chi connectivity index (χ3v) is 23.1. The zero-order valence-electron chi connectivity index (χ0n) is 52.9. The Morgan fingerprint density at radius 3 is 2.32 bits per heavy atom. The second-order valence-electron chi connectivity index (χ2n) is 26.5. The Bertz CT molecular complexity index is 3030. The number of carboxylic acids is 2. The van der Waals surface area contributed by atoms with Gasteiger partial charge in [-0.1, -0.05) is 27.7 Å². The molecule has 484 valence electrons. The lowest BCUT2D eigenvalue weighted by atomic mass is 9.44. The zero-order valence-corrected chi connectivity index (χ0v) is 54.5. The van der Waals surface area contributed by atoms with Gasteiger partial charge in [-0.25, -0.2) is 19.4 Å². The van der Waals surface area contributed by atoms with Crippen LogP contribution in [0.2, 0.25) is 0 Å². The number of aliphatic carboxylic acids is 2. The average molecular weight is 1260 g/mol. The number of benzene rings is 1. The number of allylic oxidation sites excluding steroid dienone is 4. The summed E-state index contributed by atoms with van der Waals surface area (Å²) in [6.07, 6.45) is 14.3. The van der Waals surface area contributed by atoms with Crippen LogP contribution in [-0.4, -0.2) is 166 Å². The number of aliphatic hydroxyl groups is 1. The molecule has 0 saturated heterocycles. The molecular weight excluding hydrogens is 1160 g/mol. The number of amides is 4. The van der Waals surface area contributed by atoms with Gasteiger partial charge in [0.1, 0.15) is 21.8 Å². The molecule has 2 heterocycles. The standard InChI is InChI=1S/C66H94N6O14S2/c1-9-66-26-23-47-46(19-16-43-35-44(73)22-25-65(43,47)7)48(66)20-17-42(66)13-12-15-54(75)68-50(61(79)80)14-10-11-27-67-53(74)24-31-84-33-34-85-32-30-72(29-28-71(8)55(76)37-64(5,6)56-41(4)57(77)39(2)40(3)58(56)78)63(83)86-45-18-21-49-52(36-45)88-60(69-49)59-70-51(38-87-59)62(81)82/h18,21,36,42-44,46-48,50-51,73H,9-17,19-20,22-35,37-38H2,1-8H3,(H,67,74)(H,68,75)(H,79,80)(H,81,82)/t42-,43+,44+,46+,47-,48-,50?,51?,65-,66+/m0/s1. The first-order valence-electron chi connectivity index (χ1n) is 32.0. The van der Waals surface area contributed by atoms with Gasteiger partial charge in [0.25, 0.3) is 0 Å². The Hall–Kier alpha value is -5.55. The molecule has 1 aromatic carbocycles. The first kappa shape index (κ1) is 68.4. The molecule has 2 aromatic rings. The summed E-state index contributed by atoms with van der Waals surface area (Å²) in [5, 5.41) is 36.6. The monoisotopic (exact) mass is 1260 g/mol. The number of nitrogens with zero attached hydrogens (tertiary/aromatic N) is 4. The Morgan fingerprint density at radius 2 is 1.59 bits per heavy atom. The number of carbonyl (C=O) groups excluding carboxylic acids is 6. The lowest BCUT2D eigenvalue weighted by Crippen LogP contribution is -2.54. The lowest BCUT2D eigenvalue weighted by molar-refractivity contribution is -0.142. The fourth-order valence-corrected chi connectivity index (χ4v) is 17.9. The number of ether oxygens (including phenoxy) is 3. The Kier molecular flexibility index (Phi) is 23.3. The molecule has 4 amide bonds. The van der Waals surface area contributed by atoms with Crippen molar-refractivity contribution in [2.75, 3.05) is 65.4 Å². The first-order chi connectivity index (χ1) is 41.9. The van der Waals surface area contributed by atoms with E-state index >= 15 is 0 Å². The summed E-state index contributed by atoms with van der Waals surface area (Å²) in [6.45, 7) is 14.4. The lowest BCUT2D eigenvalue weighted by Gasteiger charge is -2.61. The van der Waals surface area contributed by atoms with E-state index < -0.39 is 35.5 Å². The summed E-state index contributed by atoms with van der Waals surface area (Å²) in [5.74, 6) is 0.754. The van der Waals surface area contributed by atoms with Gasteiger partial charge in [-0.2, -0.15) is 0 Å². The van der Waals surface area contributed by atoms with E-state index in [0.717, 1.165) is 49.9 Å². The van der Waals surface area contributed by atoms with Gasteiger partial charge < -0.3 is 50.0 Å². The minimum atomic E-state index is -1.07. The van der Waals surface area contributed by atoms with Crippen LogP contribution in [0.4, 0.5) is 4.79 Å². The largest absolute Gasteiger partial charge is 0.480 e. The molecule has 88 heavy (non-hydrogen) atoms. The van der Waals surface area contributed by atoms with Crippen molar-refractivity contribution in [3.05, 3.63) is 45.5 Å². The number of hydrogen-bond acceptors (Lipinski definition) is 16. The fraction of sp³-hybridized carbons (Fsp3) is 0.697. The van der Waals surface area contributed by atoms with Gasteiger partial charge in [0.05, 0.1) is 42.7 Å². The highest BCUT2D eigenvalue weighted by Crippen LogP contribution is 2.69. The number of fused-ring (bicyclic) bond motifs is 6. The highest BCUT2D eigenvalue weighted by atomic mass is 32.2. The predicted octanol–water partition coefficient (Wildman–Crippen LogP) is 9.58. The van der Waals surface area contributed by atoms with E-state index in [2.05, 4.69) is 34.5 Å². The van der Waals surface area contributed by atoms with E-state index in [9.17, 15) is 53.7 Å². The fourth-order valence-electron chi connectivity index (χ4n) is 15.8. The number of rotatable bonds is 30. The number of aromatic nitrogens is 1. The smallest absolute Gasteiger partial charge is 0.415 e. The van der Waals surface area contributed by atoms with E-state index in [0.29, 0.717) is 96.8 Å². The van der Waals surface area contributed by atoms with Crippen LogP contribution in [0.3, 0.4) is 0 Å². The summed E-state index contributed by atoms with van der Waals surface area (Å²) in [5.41, 5.74) is 1.75.